The normalized spacial score (nSPS) is 17.4. The topological polar surface area (TPSA) is 58.3 Å². The van der Waals surface area contributed by atoms with Gasteiger partial charge in [-0.05, 0) is 13.0 Å². The summed E-state index contributed by atoms with van der Waals surface area (Å²) in [4.78, 5) is 12.7. The first-order valence-electron chi connectivity index (χ1n) is 5.95. The van der Waals surface area contributed by atoms with Crippen LogP contribution in [0.15, 0.2) is 6.33 Å². The van der Waals surface area contributed by atoms with Gasteiger partial charge in [-0.25, -0.2) is 9.97 Å². The molecule has 0 aromatic carbocycles. The highest BCUT2D eigenvalue weighted by Gasteiger charge is 2.20. The van der Waals surface area contributed by atoms with Crippen molar-refractivity contribution in [1.29, 1.82) is 0 Å². The first kappa shape index (κ1) is 12.4. The molecule has 0 aliphatic carbocycles. The van der Waals surface area contributed by atoms with E-state index in [1.807, 2.05) is 0 Å². The molecule has 1 fully saturated rings. The molecule has 1 aliphatic heterocycles. The van der Waals surface area contributed by atoms with Crippen molar-refractivity contribution in [3.8, 4) is 0 Å². The number of hydrogen-bond donors (Lipinski definition) is 1. The van der Waals surface area contributed by atoms with Crippen molar-refractivity contribution in [2.75, 3.05) is 43.4 Å². The zero-order valence-electron chi connectivity index (χ0n) is 10.1. The van der Waals surface area contributed by atoms with Crippen molar-refractivity contribution in [3.05, 3.63) is 11.5 Å². The van der Waals surface area contributed by atoms with E-state index in [0.717, 1.165) is 38.5 Å². The molecule has 17 heavy (non-hydrogen) atoms. The molecule has 0 amide bonds. The van der Waals surface area contributed by atoms with E-state index >= 15 is 0 Å². The molecule has 2 rings (SSSR count). The molecule has 0 saturated carbocycles. The van der Waals surface area contributed by atoms with Gasteiger partial charge in [0.2, 0.25) is 0 Å². The SMILES string of the molecule is CCCN1CCN(c2ncnc(Cl)c2N)CC1. The molecule has 0 unspecified atom stereocenters. The summed E-state index contributed by atoms with van der Waals surface area (Å²) in [6, 6.07) is 0. The van der Waals surface area contributed by atoms with Crippen LogP contribution < -0.4 is 10.6 Å². The van der Waals surface area contributed by atoms with Crippen molar-refractivity contribution < 1.29 is 0 Å². The Morgan fingerprint density at radius 3 is 2.65 bits per heavy atom. The standard InChI is InChI=1S/C11H18ClN5/c1-2-3-16-4-6-17(7-5-16)11-9(13)10(12)14-8-15-11/h8H,2-7,13H2,1H3. The molecule has 94 valence electrons. The van der Waals surface area contributed by atoms with Gasteiger partial charge in [-0.1, -0.05) is 18.5 Å². The number of nitrogen functional groups attached to an aromatic ring is 1. The van der Waals surface area contributed by atoms with Gasteiger partial charge in [0.1, 0.15) is 12.0 Å². The predicted molar refractivity (Wildman–Crippen MR) is 70.4 cm³/mol. The van der Waals surface area contributed by atoms with Crippen LogP contribution in [0.4, 0.5) is 11.5 Å². The van der Waals surface area contributed by atoms with Crippen molar-refractivity contribution in [2.45, 2.75) is 13.3 Å². The van der Waals surface area contributed by atoms with Crippen LogP contribution >= 0.6 is 11.6 Å². The quantitative estimate of drug-likeness (QED) is 0.824. The fraction of sp³-hybridized carbons (Fsp3) is 0.636. The number of piperazine rings is 1. The molecule has 0 atom stereocenters. The second-order valence-electron chi connectivity index (χ2n) is 4.23. The van der Waals surface area contributed by atoms with Gasteiger partial charge >= 0.3 is 0 Å². The van der Waals surface area contributed by atoms with Crippen LogP contribution in [0.25, 0.3) is 0 Å². The molecular weight excluding hydrogens is 238 g/mol. The van der Waals surface area contributed by atoms with Crippen LogP contribution in [0.2, 0.25) is 5.15 Å². The van der Waals surface area contributed by atoms with Gasteiger partial charge in [0.15, 0.2) is 11.0 Å². The highest BCUT2D eigenvalue weighted by atomic mass is 35.5. The smallest absolute Gasteiger partial charge is 0.157 e. The minimum Gasteiger partial charge on any atom is -0.393 e. The summed E-state index contributed by atoms with van der Waals surface area (Å²) in [5.74, 6) is 0.765. The van der Waals surface area contributed by atoms with E-state index < -0.39 is 0 Å². The summed E-state index contributed by atoms with van der Waals surface area (Å²) < 4.78 is 0. The molecule has 2 heterocycles. The lowest BCUT2D eigenvalue weighted by molar-refractivity contribution is 0.258. The predicted octanol–water partition coefficient (Wildman–Crippen LogP) is 1.24. The van der Waals surface area contributed by atoms with E-state index in [4.69, 9.17) is 17.3 Å². The second-order valence-corrected chi connectivity index (χ2v) is 4.59. The number of nitrogens with zero attached hydrogens (tertiary/aromatic N) is 4. The Morgan fingerprint density at radius 2 is 2.00 bits per heavy atom. The van der Waals surface area contributed by atoms with Crippen LogP contribution in [0.5, 0.6) is 0 Å². The number of rotatable bonds is 3. The highest BCUT2D eigenvalue weighted by Crippen LogP contribution is 2.26. The van der Waals surface area contributed by atoms with E-state index in [1.54, 1.807) is 0 Å². The minimum absolute atomic E-state index is 0.339. The van der Waals surface area contributed by atoms with Crippen molar-refractivity contribution >= 4 is 23.1 Å². The van der Waals surface area contributed by atoms with E-state index in [9.17, 15) is 0 Å². The Morgan fingerprint density at radius 1 is 1.29 bits per heavy atom. The molecule has 1 aromatic heterocycles. The highest BCUT2D eigenvalue weighted by molar-refractivity contribution is 6.32. The number of anilines is 2. The Kier molecular flexibility index (Phi) is 4.02. The third kappa shape index (κ3) is 2.79. The molecule has 2 N–H and O–H groups in total. The average Bonchev–Trinajstić information content (AvgIpc) is 2.34. The van der Waals surface area contributed by atoms with Gasteiger partial charge in [0.05, 0.1) is 0 Å². The van der Waals surface area contributed by atoms with Crippen LogP contribution in [-0.4, -0.2) is 47.6 Å². The molecule has 0 spiro atoms. The molecule has 5 nitrogen and oxygen atoms in total. The summed E-state index contributed by atoms with van der Waals surface area (Å²) in [6.45, 7) is 7.35. The van der Waals surface area contributed by atoms with E-state index in [-0.39, 0.29) is 0 Å². The fourth-order valence-electron chi connectivity index (χ4n) is 2.12. The van der Waals surface area contributed by atoms with E-state index in [1.165, 1.54) is 12.7 Å². The molecule has 6 heteroatoms. The summed E-state index contributed by atoms with van der Waals surface area (Å²) >= 11 is 5.90. The summed E-state index contributed by atoms with van der Waals surface area (Å²) in [7, 11) is 0. The van der Waals surface area contributed by atoms with Crippen molar-refractivity contribution in [3.63, 3.8) is 0 Å². The summed E-state index contributed by atoms with van der Waals surface area (Å²) in [5, 5.41) is 0.339. The lowest BCUT2D eigenvalue weighted by Crippen LogP contribution is -2.47. The van der Waals surface area contributed by atoms with Gasteiger partial charge in [-0.3, -0.25) is 4.90 Å². The number of aromatic nitrogens is 2. The lowest BCUT2D eigenvalue weighted by atomic mass is 10.3. The molecule has 1 aliphatic rings. The van der Waals surface area contributed by atoms with Gasteiger partial charge < -0.3 is 10.6 Å². The van der Waals surface area contributed by atoms with Gasteiger partial charge in [0.25, 0.3) is 0 Å². The Balaban J connectivity index is 2.03. The maximum Gasteiger partial charge on any atom is 0.157 e. The average molecular weight is 256 g/mol. The molecule has 1 saturated heterocycles. The van der Waals surface area contributed by atoms with Gasteiger partial charge in [-0.15, -0.1) is 0 Å². The van der Waals surface area contributed by atoms with E-state index in [2.05, 4.69) is 26.7 Å². The molecule has 1 aromatic rings. The third-order valence-electron chi connectivity index (χ3n) is 3.03. The van der Waals surface area contributed by atoms with E-state index in [0.29, 0.717) is 10.8 Å². The molecule has 0 radical (unpaired) electrons. The summed E-state index contributed by atoms with van der Waals surface area (Å²) in [6.07, 6.45) is 2.66. The molecular formula is C11H18ClN5. The lowest BCUT2D eigenvalue weighted by Gasteiger charge is -2.35. The monoisotopic (exact) mass is 255 g/mol. The number of nitrogens with two attached hydrogens (primary N) is 1. The Labute approximate surface area is 107 Å². The van der Waals surface area contributed by atoms with Crippen molar-refractivity contribution in [2.24, 2.45) is 0 Å². The van der Waals surface area contributed by atoms with Gasteiger partial charge in [0, 0.05) is 26.2 Å². The minimum atomic E-state index is 0.339. The maximum absolute atomic E-state index is 5.90. The largest absolute Gasteiger partial charge is 0.393 e. The first-order valence-corrected chi connectivity index (χ1v) is 6.33. The fourth-order valence-corrected chi connectivity index (χ4v) is 2.25. The van der Waals surface area contributed by atoms with Crippen LogP contribution in [-0.2, 0) is 0 Å². The van der Waals surface area contributed by atoms with Crippen LogP contribution in [0.3, 0.4) is 0 Å². The number of hydrogen-bond acceptors (Lipinski definition) is 5. The first-order chi connectivity index (χ1) is 8.22. The van der Waals surface area contributed by atoms with Crippen LogP contribution in [0.1, 0.15) is 13.3 Å². The summed E-state index contributed by atoms with van der Waals surface area (Å²) in [5.41, 5.74) is 6.38. The zero-order valence-corrected chi connectivity index (χ0v) is 10.8. The third-order valence-corrected chi connectivity index (χ3v) is 3.33. The van der Waals surface area contributed by atoms with Crippen molar-refractivity contribution in [1.82, 2.24) is 14.9 Å². The Bertz CT molecular complexity index is 376. The number of halogens is 1. The second kappa shape index (κ2) is 5.51. The zero-order chi connectivity index (χ0) is 12.3. The Hall–Kier alpha value is -1.07. The van der Waals surface area contributed by atoms with Crippen LogP contribution in [0, 0.1) is 0 Å². The molecule has 0 bridgehead atoms. The van der Waals surface area contributed by atoms with Gasteiger partial charge in [-0.2, -0.15) is 0 Å². The maximum atomic E-state index is 5.90.